The van der Waals surface area contributed by atoms with E-state index in [0.29, 0.717) is 10.6 Å². The number of amides is 1. The number of nitrogen functional groups attached to an aromatic ring is 1. The van der Waals surface area contributed by atoms with Crippen LogP contribution in [-0.2, 0) is 17.6 Å². The van der Waals surface area contributed by atoms with Crippen molar-refractivity contribution in [3.05, 3.63) is 46.1 Å². The lowest BCUT2D eigenvalue weighted by Gasteiger charge is -2.29. The standard InChI is InChI=1S/C25H30N6O2S/c1-14-2-5-17-21(27)22(34-24(17)28-14)23(32)29-16-4-6-18-15(12-16)3-7-20(30-18)31-10-9-25(13-31)19(26)8-11-33-25/h2-3,5,7,16,19H,4,6,8-13,26-27H2,1H3,(H,29,32)/t16-,19+,25+/m0/s1. The Morgan fingerprint density at radius 2 is 2.15 bits per heavy atom. The van der Waals surface area contributed by atoms with Gasteiger partial charge in [0.2, 0.25) is 0 Å². The van der Waals surface area contributed by atoms with Crippen LogP contribution < -0.4 is 21.7 Å². The van der Waals surface area contributed by atoms with Crippen molar-refractivity contribution in [1.29, 1.82) is 0 Å². The van der Waals surface area contributed by atoms with Crippen LogP contribution in [-0.4, -0.2) is 53.3 Å². The van der Waals surface area contributed by atoms with Crippen molar-refractivity contribution in [3.63, 3.8) is 0 Å². The van der Waals surface area contributed by atoms with Crippen LogP contribution in [0.25, 0.3) is 10.2 Å². The van der Waals surface area contributed by atoms with E-state index in [0.717, 1.165) is 79.2 Å². The van der Waals surface area contributed by atoms with Crippen LogP contribution in [0.15, 0.2) is 24.3 Å². The summed E-state index contributed by atoms with van der Waals surface area (Å²) in [6, 6.07) is 8.29. The molecule has 0 saturated carbocycles. The molecule has 5 N–H and O–H groups in total. The van der Waals surface area contributed by atoms with Crippen LogP contribution in [0.2, 0.25) is 0 Å². The lowest BCUT2D eigenvalue weighted by molar-refractivity contribution is 0.0147. The first kappa shape index (κ1) is 21.8. The monoisotopic (exact) mass is 478 g/mol. The average molecular weight is 479 g/mol. The molecule has 2 aliphatic heterocycles. The van der Waals surface area contributed by atoms with Crippen LogP contribution in [0, 0.1) is 6.92 Å². The fourth-order valence-corrected chi connectivity index (χ4v) is 6.63. The van der Waals surface area contributed by atoms with Gasteiger partial charge in [0.15, 0.2) is 0 Å². The summed E-state index contributed by atoms with van der Waals surface area (Å²) in [5.74, 6) is 0.883. The number of nitrogens with zero attached hydrogens (tertiary/aromatic N) is 3. The molecule has 1 aliphatic carbocycles. The normalized spacial score (nSPS) is 26.4. The zero-order chi connectivity index (χ0) is 23.4. The van der Waals surface area contributed by atoms with Crippen LogP contribution in [0.4, 0.5) is 11.5 Å². The summed E-state index contributed by atoms with van der Waals surface area (Å²) in [5.41, 5.74) is 16.2. The second-order valence-corrected chi connectivity index (χ2v) is 10.8. The number of carbonyl (C=O) groups excluding carboxylic acids is 1. The summed E-state index contributed by atoms with van der Waals surface area (Å²) >= 11 is 1.36. The molecule has 3 aromatic rings. The van der Waals surface area contributed by atoms with Gasteiger partial charge in [-0.05, 0) is 62.8 Å². The van der Waals surface area contributed by atoms with E-state index in [2.05, 4.69) is 27.3 Å². The quantitative estimate of drug-likeness (QED) is 0.529. The van der Waals surface area contributed by atoms with Gasteiger partial charge in [0.25, 0.3) is 5.91 Å². The Hall–Kier alpha value is -2.75. The molecule has 0 aromatic carbocycles. The van der Waals surface area contributed by atoms with Crippen LogP contribution >= 0.6 is 11.3 Å². The van der Waals surface area contributed by atoms with Gasteiger partial charge in [-0.3, -0.25) is 4.79 Å². The third-order valence-electron chi connectivity index (χ3n) is 7.61. The summed E-state index contributed by atoms with van der Waals surface area (Å²) < 4.78 is 6.05. The van der Waals surface area contributed by atoms with Gasteiger partial charge in [0.05, 0.1) is 5.69 Å². The zero-order valence-electron chi connectivity index (χ0n) is 19.3. The van der Waals surface area contributed by atoms with Crippen LogP contribution in [0.3, 0.4) is 0 Å². The van der Waals surface area contributed by atoms with Crippen molar-refractivity contribution in [1.82, 2.24) is 15.3 Å². The molecule has 9 heteroatoms. The number of carbonyl (C=O) groups is 1. The summed E-state index contributed by atoms with van der Waals surface area (Å²) in [4.78, 5) is 26.2. The molecule has 0 radical (unpaired) electrons. The largest absolute Gasteiger partial charge is 0.397 e. The first-order valence-corrected chi connectivity index (χ1v) is 12.8. The molecule has 8 nitrogen and oxygen atoms in total. The highest BCUT2D eigenvalue weighted by molar-refractivity contribution is 7.21. The van der Waals surface area contributed by atoms with E-state index in [9.17, 15) is 4.79 Å². The highest BCUT2D eigenvalue weighted by Crippen LogP contribution is 2.37. The minimum Gasteiger partial charge on any atom is -0.397 e. The minimum atomic E-state index is -0.213. The third-order valence-corrected chi connectivity index (χ3v) is 8.72. The van der Waals surface area contributed by atoms with E-state index in [4.69, 9.17) is 21.2 Å². The minimum absolute atomic E-state index is 0.0619. The molecule has 3 aliphatic rings. The molecule has 2 fully saturated rings. The second-order valence-electron chi connectivity index (χ2n) is 9.82. The predicted molar refractivity (Wildman–Crippen MR) is 134 cm³/mol. The molecule has 1 spiro atoms. The van der Waals surface area contributed by atoms with Crippen molar-refractivity contribution in [3.8, 4) is 0 Å². The Balaban J connectivity index is 1.14. The molecular weight excluding hydrogens is 448 g/mol. The fraction of sp³-hybridized carbons (Fsp3) is 0.480. The number of rotatable bonds is 3. The molecule has 2 saturated heterocycles. The summed E-state index contributed by atoms with van der Waals surface area (Å²) in [5, 5.41) is 4.04. The van der Waals surface area contributed by atoms with Crippen molar-refractivity contribution >= 4 is 39.0 Å². The van der Waals surface area contributed by atoms with Crippen LogP contribution in [0.5, 0.6) is 0 Å². The van der Waals surface area contributed by atoms with E-state index >= 15 is 0 Å². The van der Waals surface area contributed by atoms with Crippen molar-refractivity contribution in [2.24, 2.45) is 5.73 Å². The fourth-order valence-electron chi connectivity index (χ4n) is 5.59. The Labute approximate surface area is 202 Å². The lowest BCUT2D eigenvalue weighted by atomic mass is 9.91. The SMILES string of the molecule is Cc1ccc2c(N)c(C(=O)N[C@H]3CCc4nc(N5CC[C@]6(C5)OCC[C@H]6N)ccc4C3)sc2n1. The number of hydrogen-bond acceptors (Lipinski definition) is 8. The van der Waals surface area contributed by atoms with Gasteiger partial charge in [-0.25, -0.2) is 9.97 Å². The van der Waals surface area contributed by atoms with Crippen LogP contribution in [0.1, 0.15) is 45.9 Å². The molecule has 178 valence electrons. The number of ether oxygens (including phenoxy) is 1. The number of aryl methyl sites for hydroxylation is 2. The maximum atomic E-state index is 13.0. The number of thiophene rings is 1. The molecule has 6 rings (SSSR count). The second kappa shape index (κ2) is 8.18. The van der Waals surface area contributed by atoms with Crippen molar-refractivity contribution in [2.45, 2.75) is 56.7 Å². The highest BCUT2D eigenvalue weighted by atomic mass is 32.1. The maximum absolute atomic E-state index is 13.0. The Kier molecular flexibility index (Phi) is 5.24. The molecule has 3 atom stereocenters. The Morgan fingerprint density at radius 3 is 2.97 bits per heavy atom. The molecule has 3 aromatic heterocycles. The molecule has 34 heavy (non-hydrogen) atoms. The van der Waals surface area contributed by atoms with Gasteiger partial charge in [0, 0.05) is 48.6 Å². The van der Waals surface area contributed by atoms with E-state index in [1.165, 1.54) is 16.9 Å². The van der Waals surface area contributed by atoms with Crippen molar-refractivity contribution < 1.29 is 9.53 Å². The summed E-state index contributed by atoms with van der Waals surface area (Å²) in [6.45, 7) is 4.42. The Bertz CT molecular complexity index is 1280. The Morgan fingerprint density at radius 1 is 1.26 bits per heavy atom. The number of hydrogen-bond donors (Lipinski definition) is 3. The van der Waals surface area contributed by atoms with Gasteiger partial charge >= 0.3 is 0 Å². The number of fused-ring (bicyclic) bond motifs is 2. The van der Waals surface area contributed by atoms with E-state index in [1.54, 1.807) is 0 Å². The maximum Gasteiger partial charge on any atom is 0.263 e. The average Bonchev–Trinajstić information content (AvgIpc) is 3.51. The predicted octanol–water partition coefficient (Wildman–Crippen LogP) is 2.57. The molecule has 0 unspecified atom stereocenters. The number of pyridine rings is 2. The van der Waals surface area contributed by atoms with Crippen molar-refractivity contribution in [2.75, 3.05) is 30.3 Å². The molecule has 0 bridgehead atoms. The zero-order valence-corrected chi connectivity index (χ0v) is 20.2. The topological polar surface area (TPSA) is 119 Å². The van der Waals surface area contributed by atoms with Gasteiger partial charge in [0.1, 0.15) is 21.1 Å². The van der Waals surface area contributed by atoms with E-state index in [-0.39, 0.29) is 23.6 Å². The number of anilines is 2. The first-order chi connectivity index (χ1) is 16.4. The van der Waals surface area contributed by atoms with Gasteiger partial charge < -0.3 is 26.4 Å². The summed E-state index contributed by atoms with van der Waals surface area (Å²) in [7, 11) is 0. The highest BCUT2D eigenvalue weighted by Gasteiger charge is 2.47. The van der Waals surface area contributed by atoms with E-state index in [1.807, 2.05) is 19.1 Å². The molecule has 5 heterocycles. The third kappa shape index (κ3) is 3.62. The number of aromatic nitrogens is 2. The summed E-state index contributed by atoms with van der Waals surface area (Å²) in [6.07, 6.45) is 4.36. The first-order valence-electron chi connectivity index (χ1n) is 12.0. The number of nitrogens with two attached hydrogens (primary N) is 2. The lowest BCUT2D eigenvalue weighted by Crippen LogP contribution is -2.47. The molecular formula is C25H30N6O2S. The molecule has 1 amide bonds. The van der Waals surface area contributed by atoms with Gasteiger partial charge in [-0.1, -0.05) is 6.07 Å². The van der Waals surface area contributed by atoms with Gasteiger partial charge in [-0.2, -0.15) is 0 Å². The smallest absolute Gasteiger partial charge is 0.263 e. The van der Waals surface area contributed by atoms with E-state index < -0.39 is 0 Å². The van der Waals surface area contributed by atoms with Gasteiger partial charge in [-0.15, -0.1) is 11.3 Å². The number of nitrogens with one attached hydrogen (secondary N) is 1.